The van der Waals surface area contributed by atoms with Crippen LogP contribution in [0.1, 0.15) is 33.6 Å². The zero-order chi connectivity index (χ0) is 8.65. The number of hydrogen-bond donors (Lipinski definition) is 0. The second-order valence-electron chi connectivity index (χ2n) is 4.57. The number of halogens is 2. The zero-order valence-electron chi connectivity index (χ0n) is 7.40. The van der Waals surface area contributed by atoms with Crippen LogP contribution in [0.3, 0.4) is 0 Å². The van der Waals surface area contributed by atoms with Crippen molar-refractivity contribution in [2.24, 2.45) is 11.3 Å². The van der Waals surface area contributed by atoms with Crippen LogP contribution in [-0.2, 0) is 0 Å². The summed E-state index contributed by atoms with van der Waals surface area (Å²) in [5.41, 5.74) is 0.372. The van der Waals surface area contributed by atoms with Crippen LogP contribution in [0.4, 0.5) is 0 Å². The Bertz CT molecular complexity index is 127. The molecule has 0 aromatic heterocycles. The second kappa shape index (κ2) is 3.14. The summed E-state index contributed by atoms with van der Waals surface area (Å²) in [7, 11) is 0. The highest BCUT2D eigenvalue weighted by atomic mass is 35.5. The Labute approximate surface area is 79.3 Å². The molecule has 0 aliphatic heterocycles. The van der Waals surface area contributed by atoms with Gasteiger partial charge in [-0.2, -0.15) is 0 Å². The summed E-state index contributed by atoms with van der Waals surface area (Å²) in [5, 5.41) is 0.391. The Morgan fingerprint density at radius 3 is 1.55 bits per heavy atom. The summed E-state index contributed by atoms with van der Waals surface area (Å²) >= 11 is 12.1. The van der Waals surface area contributed by atoms with E-state index in [0.717, 1.165) is 12.8 Å². The van der Waals surface area contributed by atoms with Crippen molar-refractivity contribution in [2.75, 3.05) is 0 Å². The van der Waals surface area contributed by atoms with E-state index in [4.69, 9.17) is 23.2 Å². The zero-order valence-corrected chi connectivity index (χ0v) is 8.91. The maximum Gasteiger partial charge on any atom is 0.0502 e. The van der Waals surface area contributed by atoms with Crippen LogP contribution in [0, 0.1) is 11.3 Å². The third-order valence-electron chi connectivity index (χ3n) is 2.64. The summed E-state index contributed by atoms with van der Waals surface area (Å²) in [6, 6.07) is 0. The summed E-state index contributed by atoms with van der Waals surface area (Å²) in [5.74, 6) is 0.701. The third kappa shape index (κ3) is 2.26. The Hall–Kier alpha value is 0.580. The van der Waals surface area contributed by atoms with Gasteiger partial charge in [0, 0.05) is 0 Å². The van der Waals surface area contributed by atoms with Gasteiger partial charge in [-0.05, 0) is 24.2 Å². The van der Waals surface area contributed by atoms with Gasteiger partial charge in [-0.1, -0.05) is 20.8 Å². The lowest BCUT2D eigenvalue weighted by molar-refractivity contribution is 0.247. The average molecular weight is 195 g/mol. The highest BCUT2D eigenvalue weighted by molar-refractivity contribution is 6.30. The highest BCUT2D eigenvalue weighted by Gasteiger charge is 2.37. The van der Waals surface area contributed by atoms with Crippen molar-refractivity contribution in [1.29, 1.82) is 0 Å². The summed E-state index contributed by atoms with van der Waals surface area (Å²) in [6.45, 7) is 6.78. The van der Waals surface area contributed by atoms with Crippen molar-refractivity contribution in [2.45, 2.75) is 44.4 Å². The quantitative estimate of drug-likeness (QED) is 0.517. The molecule has 2 unspecified atom stereocenters. The van der Waals surface area contributed by atoms with E-state index in [0.29, 0.717) is 11.3 Å². The second-order valence-corrected chi connectivity index (χ2v) is 5.69. The molecule has 0 nitrogen and oxygen atoms in total. The summed E-state index contributed by atoms with van der Waals surface area (Å²) in [4.78, 5) is 0. The fourth-order valence-electron chi connectivity index (χ4n) is 1.64. The van der Waals surface area contributed by atoms with E-state index in [1.807, 2.05) is 0 Å². The van der Waals surface area contributed by atoms with Crippen LogP contribution in [-0.4, -0.2) is 10.8 Å². The first-order chi connectivity index (χ1) is 4.91. The number of rotatable bonds is 0. The molecular weight excluding hydrogens is 179 g/mol. The summed E-state index contributed by atoms with van der Waals surface area (Å²) < 4.78 is 0. The topological polar surface area (TPSA) is 0 Å². The standard InChI is InChI=1S/C9H16Cl2/c1-9(2,3)6-4-7(10)8(11)5-6/h6-8H,4-5H2,1-3H3. The number of hydrogen-bond acceptors (Lipinski definition) is 0. The van der Waals surface area contributed by atoms with Crippen molar-refractivity contribution >= 4 is 23.2 Å². The van der Waals surface area contributed by atoms with E-state index >= 15 is 0 Å². The smallest absolute Gasteiger partial charge is 0.0502 e. The van der Waals surface area contributed by atoms with Crippen LogP contribution in [0.5, 0.6) is 0 Å². The molecule has 0 aromatic carbocycles. The molecule has 2 atom stereocenters. The molecule has 1 fully saturated rings. The van der Waals surface area contributed by atoms with Crippen molar-refractivity contribution in [3.05, 3.63) is 0 Å². The average Bonchev–Trinajstić information content (AvgIpc) is 2.11. The predicted molar refractivity (Wildman–Crippen MR) is 51.5 cm³/mol. The van der Waals surface area contributed by atoms with Crippen molar-refractivity contribution in [3.63, 3.8) is 0 Å². The van der Waals surface area contributed by atoms with Gasteiger partial charge >= 0.3 is 0 Å². The number of alkyl halides is 2. The first kappa shape index (κ1) is 9.67. The first-order valence-electron chi connectivity index (χ1n) is 4.19. The van der Waals surface area contributed by atoms with Gasteiger partial charge in [-0.25, -0.2) is 0 Å². The minimum atomic E-state index is 0.195. The van der Waals surface area contributed by atoms with Gasteiger partial charge in [-0.15, -0.1) is 23.2 Å². The van der Waals surface area contributed by atoms with Crippen LogP contribution in [0.15, 0.2) is 0 Å². The van der Waals surface area contributed by atoms with Gasteiger partial charge in [0.15, 0.2) is 0 Å². The Balaban J connectivity index is 2.54. The van der Waals surface area contributed by atoms with E-state index < -0.39 is 0 Å². The molecule has 0 radical (unpaired) electrons. The first-order valence-corrected chi connectivity index (χ1v) is 5.06. The fraction of sp³-hybridized carbons (Fsp3) is 1.00. The lowest BCUT2D eigenvalue weighted by Gasteiger charge is -2.26. The van der Waals surface area contributed by atoms with Crippen molar-refractivity contribution in [3.8, 4) is 0 Å². The van der Waals surface area contributed by atoms with Gasteiger partial charge < -0.3 is 0 Å². The molecule has 1 rings (SSSR count). The molecule has 0 aromatic rings. The van der Waals surface area contributed by atoms with Crippen molar-refractivity contribution in [1.82, 2.24) is 0 Å². The van der Waals surface area contributed by atoms with E-state index in [1.165, 1.54) is 0 Å². The van der Waals surface area contributed by atoms with Gasteiger partial charge in [-0.3, -0.25) is 0 Å². The minimum absolute atomic E-state index is 0.195. The van der Waals surface area contributed by atoms with E-state index in [-0.39, 0.29) is 10.8 Å². The van der Waals surface area contributed by atoms with Crippen LogP contribution >= 0.6 is 23.2 Å². The predicted octanol–water partition coefficient (Wildman–Crippen LogP) is 3.66. The van der Waals surface area contributed by atoms with E-state index in [9.17, 15) is 0 Å². The molecule has 1 saturated carbocycles. The molecule has 0 bridgehead atoms. The van der Waals surface area contributed by atoms with Gasteiger partial charge in [0.2, 0.25) is 0 Å². The van der Waals surface area contributed by atoms with Crippen LogP contribution < -0.4 is 0 Å². The maximum absolute atomic E-state index is 6.03. The lowest BCUT2D eigenvalue weighted by Crippen LogP contribution is -2.17. The molecule has 11 heavy (non-hydrogen) atoms. The summed E-state index contributed by atoms with van der Waals surface area (Å²) in [6.07, 6.45) is 2.17. The van der Waals surface area contributed by atoms with E-state index in [2.05, 4.69) is 20.8 Å². The normalized spacial score (nSPS) is 39.5. The molecular formula is C9H16Cl2. The Kier molecular flexibility index (Phi) is 2.76. The van der Waals surface area contributed by atoms with Gasteiger partial charge in [0.1, 0.15) is 0 Å². The Morgan fingerprint density at radius 2 is 1.36 bits per heavy atom. The molecule has 2 heteroatoms. The van der Waals surface area contributed by atoms with Crippen molar-refractivity contribution < 1.29 is 0 Å². The third-order valence-corrected chi connectivity index (χ3v) is 3.73. The Morgan fingerprint density at radius 1 is 1.00 bits per heavy atom. The highest BCUT2D eigenvalue weighted by Crippen LogP contribution is 2.43. The molecule has 0 N–H and O–H groups in total. The lowest BCUT2D eigenvalue weighted by atomic mass is 9.80. The minimum Gasteiger partial charge on any atom is -0.121 e. The molecule has 0 spiro atoms. The molecule has 0 amide bonds. The molecule has 0 saturated heterocycles. The van der Waals surface area contributed by atoms with Crippen LogP contribution in [0.2, 0.25) is 0 Å². The van der Waals surface area contributed by atoms with E-state index in [1.54, 1.807) is 0 Å². The largest absolute Gasteiger partial charge is 0.121 e. The SMILES string of the molecule is CC(C)(C)C1CC(Cl)C(Cl)C1. The maximum atomic E-state index is 6.03. The van der Waals surface area contributed by atoms with Crippen LogP contribution in [0.25, 0.3) is 0 Å². The van der Waals surface area contributed by atoms with Gasteiger partial charge in [0.05, 0.1) is 10.8 Å². The molecule has 1 aliphatic rings. The molecule has 0 heterocycles. The molecule has 66 valence electrons. The monoisotopic (exact) mass is 194 g/mol. The fourth-order valence-corrected chi connectivity index (χ4v) is 2.28. The van der Waals surface area contributed by atoms with Gasteiger partial charge in [0.25, 0.3) is 0 Å². The molecule has 1 aliphatic carbocycles.